The number of nitrogens with zero attached hydrogens (tertiary/aromatic N) is 3. The highest BCUT2D eigenvalue weighted by molar-refractivity contribution is 6.05. The van der Waals surface area contributed by atoms with Gasteiger partial charge in [0.1, 0.15) is 11.2 Å². The van der Waals surface area contributed by atoms with Gasteiger partial charge >= 0.3 is 0 Å². The second-order valence-corrected chi connectivity index (χ2v) is 12.1. The van der Waals surface area contributed by atoms with E-state index in [0.717, 1.165) is 60.9 Å². The van der Waals surface area contributed by atoms with Crippen molar-refractivity contribution in [1.82, 2.24) is 15.0 Å². The zero-order chi connectivity index (χ0) is 32.6. The molecular formula is C45H29N3O. The molecule has 0 fully saturated rings. The molecule has 0 unspecified atom stereocenters. The van der Waals surface area contributed by atoms with Gasteiger partial charge in [-0.3, -0.25) is 0 Å². The fourth-order valence-corrected chi connectivity index (χ4v) is 6.37. The number of fused-ring (bicyclic) bond motifs is 3. The van der Waals surface area contributed by atoms with Gasteiger partial charge < -0.3 is 4.42 Å². The van der Waals surface area contributed by atoms with E-state index in [1.165, 1.54) is 11.1 Å². The summed E-state index contributed by atoms with van der Waals surface area (Å²) in [6.07, 6.45) is 0. The fourth-order valence-electron chi connectivity index (χ4n) is 6.37. The van der Waals surface area contributed by atoms with Crippen LogP contribution in [0.3, 0.4) is 0 Å². The van der Waals surface area contributed by atoms with Crippen LogP contribution in [-0.2, 0) is 0 Å². The maximum atomic E-state index is 6.14. The molecule has 9 rings (SSSR count). The standard InChI is InChI=1S/C45H29N3O/c1-3-9-30(10-4-1)31-15-17-32(18-16-31)33-19-23-36(24-20-33)44-46-43(35-11-5-2-6-12-35)47-45(48-44)37-25-21-34(22-26-37)38-27-28-40-39-13-7-8-14-41(39)49-42(40)29-38/h1-29H. The maximum absolute atomic E-state index is 6.14. The van der Waals surface area contributed by atoms with Gasteiger partial charge in [0.25, 0.3) is 0 Å². The lowest BCUT2D eigenvalue weighted by Crippen LogP contribution is -2.00. The van der Waals surface area contributed by atoms with Crippen LogP contribution in [0.4, 0.5) is 0 Å². The van der Waals surface area contributed by atoms with Crippen molar-refractivity contribution in [2.24, 2.45) is 0 Å². The number of rotatable bonds is 6. The van der Waals surface area contributed by atoms with E-state index in [4.69, 9.17) is 19.4 Å². The second kappa shape index (κ2) is 12.2. The summed E-state index contributed by atoms with van der Waals surface area (Å²) in [4.78, 5) is 14.8. The van der Waals surface area contributed by atoms with Crippen LogP contribution >= 0.6 is 0 Å². The van der Waals surface area contributed by atoms with E-state index in [-0.39, 0.29) is 0 Å². The van der Waals surface area contributed by atoms with Crippen molar-refractivity contribution in [1.29, 1.82) is 0 Å². The van der Waals surface area contributed by atoms with Crippen molar-refractivity contribution in [2.45, 2.75) is 0 Å². The number of benzene rings is 7. The molecular weight excluding hydrogens is 599 g/mol. The van der Waals surface area contributed by atoms with Gasteiger partial charge in [-0.2, -0.15) is 0 Å². The van der Waals surface area contributed by atoms with E-state index < -0.39 is 0 Å². The van der Waals surface area contributed by atoms with Gasteiger partial charge in [-0.25, -0.2) is 15.0 Å². The van der Waals surface area contributed by atoms with Crippen LogP contribution in [0.15, 0.2) is 180 Å². The Hall–Kier alpha value is -6.65. The molecule has 4 heteroatoms. The van der Waals surface area contributed by atoms with E-state index in [2.05, 4.69) is 121 Å². The number of hydrogen-bond acceptors (Lipinski definition) is 4. The van der Waals surface area contributed by atoms with Gasteiger partial charge in [0.2, 0.25) is 0 Å². The smallest absolute Gasteiger partial charge is 0.164 e. The molecule has 49 heavy (non-hydrogen) atoms. The summed E-state index contributed by atoms with van der Waals surface area (Å²) in [5.74, 6) is 1.90. The molecule has 0 aliphatic carbocycles. The molecule has 0 saturated heterocycles. The Kier molecular flexibility index (Phi) is 7.10. The van der Waals surface area contributed by atoms with Gasteiger partial charge in [0.15, 0.2) is 17.5 Å². The maximum Gasteiger partial charge on any atom is 0.164 e. The van der Waals surface area contributed by atoms with Crippen LogP contribution in [0.2, 0.25) is 0 Å². The van der Waals surface area contributed by atoms with E-state index in [1.807, 2.05) is 54.6 Å². The Morgan fingerprint density at radius 1 is 0.265 bits per heavy atom. The SMILES string of the molecule is c1ccc(-c2ccc(-c3ccc(-c4nc(-c5ccccc5)nc(-c5ccc(-c6ccc7c(c6)oc6ccccc67)cc5)n4)cc3)cc2)cc1. The van der Waals surface area contributed by atoms with Gasteiger partial charge in [-0.15, -0.1) is 0 Å². The van der Waals surface area contributed by atoms with E-state index in [1.54, 1.807) is 0 Å². The largest absolute Gasteiger partial charge is 0.456 e. The molecule has 230 valence electrons. The molecule has 0 N–H and O–H groups in total. The summed E-state index contributed by atoms with van der Waals surface area (Å²) in [5.41, 5.74) is 11.5. The third-order valence-corrected chi connectivity index (χ3v) is 8.99. The molecule has 2 aromatic heterocycles. The van der Waals surface area contributed by atoms with Gasteiger partial charge in [0, 0.05) is 27.5 Å². The van der Waals surface area contributed by atoms with Gasteiger partial charge in [-0.05, 0) is 51.6 Å². The van der Waals surface area contributed by atoms with Crippen LogP contribution < -0.4 is 0 Å². The first-order chi connectivity index (χ1) is 24.2. The Labute approximate surface area is 284 Å². The van der Waals surface area contributed by atoms with Crippen LogP contribution in [-0.4, -0.2) is 15.0 Å². The first-order valence-corrected chi connectivity index (χ1v) is 16.4. The molecule has 0 amide bonds. The van der Waals surface area contributed by atoms with Crippen molar-refractivity contribution >= 4 is 21.9 Å². The summed E-state index contributed by atoms with van der Waals surface area (Å²) in [7, 11) is 0. The average Bonchev–Trinajstić information content (AvgIpc) is 3.57. The molecule has 0 bridgehead atoms. The van der Waals surface area contributed by atoms with Crippen LogP contribution in [0.5, 0.6) is 0 Å². The lowest BCUT2D eigenvalue weighted by molar-refractivity contribution is 0.669. The molecule has 0 spiro atoms. The van der Waals surface area contributed by atoms with E-state index in [0.29, 0.717) is 17.5 Å². The highest BCUT2D eigenvalue weighted by Gasteiger charge is 2.14. The minimum absolute atomic E-state index is 0.628. The first kappa shape index (κ1) is 28.6. The molecule has 7 aromatic carbocycles. The van der Waals surface area contributed by atoms with E-state index in [9.17, 15) is 0 Å². The third-order valence-electron chi connectivity index (χ3n) is 8.99. The van der Waals surface area contributed by atoms with Crippen molar-refractivity contribution in [3.8, 4) is 67.5 Å². The van der Waals surface area contributed by atoms with Crippen molar-refractivity contribution in [3.05, 3.63) is 176 Å². The molecule has 0 aliphatic heterocycles. The molecule has 4 nitrogen and oxygen atoms in total. The lowest BCUT2D eigenvalue weighted by Gasteiger charge is -2.10. The highest BCUT2D eigenvalue weighted by atomic mass is 16.3. The molecule has 9 aromatic rings. The molecule has 0 aliphatic rings. The summed E-state index contributed by atoms with van der Waals surface area (Å²) in [5, 5.41) is 2.25. The van der Waals surface area contributed by atoms with Gasteiger partial charge in [0.05, 0.1) is 0 Å². The van der Waals surface area contributed by atoms with Gasteiger partial charge in [-0.1, -0.05) is 158 Å². The molecule has 2 heterocycles. The van der Waals surface area contributed by atoms with Crippen molar-refractivity contribution < 1.29 is 4.42 Å². The molecule has 0 atom stereocenters. The predicted octanol–water partition coefficient (Wildman–Crippen LogP) is 11.8. The number of furan rings is 1. The number of hydrogen-bond donors (Lipinski definition) is 0. The Bertz CT molecular complexity index is 2560. The number of para-hydroxylation sites is 1. The van der Waals surface area contributed by atoms with Crippen LogP contribution in [0, 0.1) is 0 Å². The summed E-state index contributed by atoms with van der Waals surface area (Å²) in [6.45, 7) is 0. The summed E-state index contributed by atoms with van der Waals surface area (Å²) in [6, 6.07) is 60.6. The minimum atomic E-state index is 0.628. The van der Waals surface area contributed by atoms with Crippen LogP contribution in [0.1, 0.15) is 0 Å². The zero-order valence-electron chi connectivity index (χ0n) is 26.5. The normalized spacial score (nSPS) is 11.3. The van der Waals surface area contributed by atoms with Crippen molar-refractivity contribution in [2.75, 3.05) is 0 Å². The van der Waals surface area contributed by atoms with Crippen molar-refractivity contribution in [3.63, 3.8) is 0 Å². The first-order valence-electron chi connectivity index (χ1n) is 16.4. The average molecular weight is 628 g/mol. The molecule has 0 saturated carbocycles. The second-order valence-electron chi connectivity index (χ2n) is 12.1. The fraction of sp³-hybridized carbons (Fsp3) is 0. The Morgan fingerprint density at radius 3 is 1.14 bits per heavy atom. The summed E-state index contributed by atoms with van der Waals surface area (Å²) < 4.78 is 6.14. The predicted molar refractivity (Wildman–Crippen MR) is 200 cm³/mol. The number of aromatic nitrogens is 3. The Balaban J connectivity index is 1.04. The van der Waals surface area contributed by atoms with E-state index >= 15 is 0 Å². The van der Waals surface area contributed by atoms with Crippen LogP contribution in [0.25, 0.3) is 89.5 Å². The third kappa shape index (κ3) is 5.56. The highest BCUT2D eigenvalue weighted by Crippen LogP contribution is 2.33. The zero-order valence-corrected chi connectivity index (χ0v) is 26.5. The minimum Gasteiger partial charge on any atom is -0.456 e. The molecule has 0 radical (unpaired) electrons. The lowest BCUT2D eigenvalue weighted by atomic mass is 9.99. The quantitative estimate of drug-likeness (QED) is 0.184. The summed E-state index contributed by atoms with van der Waals surface area (Å²) >= 11 is 0. The topological polar surface area (TPSA) is 51.8 Å². The Morgan fingerprint density at radius 2 is 0.612 bits per heavy atom. The monoisotopic (exact) mass is 627 g/mol.